The van der Waals surface area contributed by atoms with Gasteiger partial charge < -0.3 is 12.6 Å². The van der Waals surface area contributed by atoms with E-state index < -0.39 is 45.3 Å². The molecule has 0 rings (SSSR count). The van der Waals surface area contributed by atoms with Crippen molar-refractivity contribution in [2.45, 2.75) is 104 Å². The van der Waals surface area contributed by atoms with E-state index in [9.17, 15) is 9.13 Å². The summed E-state index contributed by atoms with van der Waals surface area (Å²) in [5.74, 6) is 0. The minimum absolute atomic E-state index is 0.366. The molecule has 0 aliphatic heterocycles. The third-order valence-electron chi connectivity index (χ3n) is 3.93. The van der Waals surface area contributed by atoms with E-state index in [-0.39, 0.29) is 0 Å². The van der Waals surface area contributed by atoms with Crippen LogP contribution < -0.4 is 0 Å². The lowest BCUT2D eigenvalue weighted by Gasteiger charge is -2.39. The SMILES string of the molecule is CC(C)=CCC/C(C)=C/CC(P(C)(=O)O[Si](C)(C)C)P(=O)(O[Si](C)(C)C)O[Si](C)(C)C. The van der Waals surface area contributed by atoms with Crippen LogP contribution in [0.2, 0.25) is 58.9 Å². The molecule has 2 atom stereocenters. The number of hydrogen-bond donors (Lipinski definition) is 0. The van der Waals surface area contributed by atoms with Gasteiger partial charge >= 0.3 is 7.60 Å². The first-order valence-corrected chi connectivity index (χ1v) is 25.1. The standard InChI is InChI=1S/C21H48O5P2Si3/c1-19(2)15-14-16-20(3)17-18-21(27(4,22)24-29(5,6)7)28(23,25-30(8,9)10)26-31(11,12)13/h15,17,21H,14,16,18H2,1-13H3/b20-17+. The first-order chi connectivity index (χ1) is 13.6. The Labute approximate surface area is 195 Å². The Kier molecular flexibility index (Phi) is 11.9. The van der Waals surface area contributed by atoms with Crippen molar-refractivity contribution in [2.24, 2.45) is 0 Å². The maximum absolute atomic E-state index is 14.3. The molecule has 0 amide bonds. The fraction of sp³-hybridized carbons (Fsp3) is 0.810. The molecule has 0 aromatic carbocycles. The van der Waals surface area contributed by atoms with Gasteiger partial charge in [0.15, 0.2) is 25.0 Å². The molecule has 0 aromatic rings. The molecule has 2 unspecified atom stereocenters. The molecule has 0 radical (unpaired) electrons. The molecule has 0 aliphatic rings. The molecule has 31 heavy (non-hydrogen) atoms. The molecule has 0 spiro atoms. The lowest BCUT2D eigenvalue weighted by Crippen LogP contribution is -2.34. The third kappa shape index (κ3) is 14.4. The van der Waals surface area contributed by atoms with Crippen molar-refractivity contribution in [3.05, 3.63) is 23.3 Å². The molecule has 0 aliphatic carbocycles. The van der Waals surface area contributed by atoms with Crippen LogP contribution in [0.4, 0.5) is 0 Å². The summed E-state index contributed by atoms with van der Waals surface area (Å²) >= 11 is 0. The second-order valence-corrected chi connectivity index (χ2v) is 31.1. The fourth-order valence-corrected chi connectivity index (χ4v) is 19.7. The van der Waals surface area contributed by atoms with Gasteiger partial charge in [-0.15, -0.1) is 0 Å². The van der Waals surface area contributed by atoms with Gasteiger partial charge in [0.05, 0.1) is 0 Å². The van der Waals surface area contributed by atoms with Gasteiger partial charge in [-0.25, -0.2) is 0 Å². The van der Waals surface area contributed by atoms with Crippen LogP contribution >= 0.6 is 15.0 Å². The minimum Gasteiger partial charge on any atom is -0.370 e. The lowest BCUT2D eigenvalue weighted by molar-refractivity contribution is 0.373. The average Bonchev–Trinajstić information content (AvgIpc) is 2.38. The smallest absolute Gasteiger partial charge is 0.324 e. The van der Waals surface area contributed by atoms with Crippen molar-refractivity contribution >= 4 is 39.9 Å². The zero-order valence-electron chi connectivity index (χ0n) is 22.3. The maximum Gasteiger partial charge on any atom is 0.324 e. The summed E-state index contributed by atoms with van der Waals surface area (Å²) in [7, 11) is -13.6. The molecular weight excluding hydrogens is 478 g/mol. The Morgan fingerprint density at radius 2 is 1.19 bits per heavy atom. The molecule has 0 fully saturated rings. The van der Waals surface area contributed by atoms with Crippen molar-refractivity contribution in [3.63, 3.8) is 0 Å². The van der Waals surface area contributed by atoms with Crippen molar-refractivity contribution in [3.8, 4) is 0 Å². The van der Waals surface area contributed by atoms with E-state index in [1.165, 1.54) is 11.1 Å². The Morgan fingerprint density at radius 1 is 0.774 bits per heavy atom. The van der Waals surface area contributed by atoms with Crippen LogP contribution in [0.15, 0.2) is 23.3 Å². The predicted octanol–water partition coefficient (Wildman–Crippen LogP) is 9.05. The molecule has 0 heterocycles. The Balaban J connectivity index is 6.26. The summed E-state index contributed by atoms with van der Waals surface area (Å²) in [6.07, 6.45) is 6.50. The zero-order chi connectivity index (χ0) is 24.9. The second-order valence-electron chi connectivity index (χ2n) is 11.6. The maximum atomic E-state index is 14.3. The third-order valence-corrected chi connectivity index (χ3v) is 18.3. The largest absolute Gasteiger partial charge is 0.370 e. The van der Waals surface area contributed by atoms with Gasteiger partial charge in [-0.2, -0.15) is 0 Å². The average molecular weight is 527 g/mol. The van der Waals surface area contributed by atoms with Gasteiger partial charge in [-0.1, -0.05) is 23.3 Å². The first kappa shape index (κ1) is 31.5. The van der Waals surface area contributed by atoms with Gasteiger partial charge in [0.2, 0.25) is 7.37 Å². The van der Waals surface area contributed by atoms with Gasteiger partial charge in [0.1, 0.15) is 5.40 Å². The Hall–Kier alpha value is 0.471. The first-order valence-electron chi connectivity index (χ1n) is 11.1. The summed E-state index contributed by atoms with van der Waals surface area (Å²) in [5, 5.41) is -0.788. The Morgan fingerprint density at radius 3 is 1.55 bits per heavy atom. The van der Waals surface area contributed by atoms with Crippen molar-refractivity contribution < 1.29 is 21.8 Å². The fourth-order valence-electron chi connectivity index (χ4n) is 3.08. The highest BCUT2D eigenvalue weighted by molar-refractivity contribution is 7.76. The Bertz CT molecular complexity index is 720. The zero-order valence-corrected chi connectivity index (χ0v) is 27.1. The summed E-state index contributed by atoms with van der Waals surface area (Å²) in [4.78, 5) is 0. The summed E-state index contributed by atoms with van der Waals surface area (Å²) in [6.45, 7) is 25.8. The van der Waals surface area contributed by atoms with Crippen LogP contribution in [0, 0.1) is 0 Å². The summed E-state index contributed by atoms with van der Waals surface area (Å²) in [5.41, 5.74) is 2.48. The van der Waals surface area contributed by atoms with Gasteiger partial charge in [0, 0.05) is 6.66 Å². The normalized spacial score (nSPS) is 17.3. The van der Waals surface area contributed by atoms with Crippen molar-refractivity contribution in [2.75, 3.05) is 6.66 Å². The van der Waals surface area contributed by atoms with Crippen molar-refractivity contribution in [1.29, 1.82) is 0 Å². The van der Waals surface area contributed by atoms with Crippen LogP contribution in [0.25, 0.3) is 0 Å². The molecule has 0 saturated heterocycles. The van der Waals surface area contributed by atoms with Crippen LogP contribution in [0.1, 0.15) is 40.0 Å². The van der Waals surface area contributed by atoms with E-state index in [4.69, 9.17) is 12.6 Å². The van der Waals surface area contributed by atoms with Gasteiger partial charge in [0.25, 0.3) is 0 Å². The van der Waals surface area contributed by atoms with E-state index in [1.807, 2.05) is 58.9 Å². The van der Waals surface area contributed by atoms with Crippen LogP contribution in [0.5, 0.6) is 0 Å². The summed E-state index contributed by atoms with van der Waals surface area (Å²) in [6, 6.07) is 0. The monoisotopic (exact) mass is 526 g/mol. The van der Waals surface area contributed by atoms with E-state index in [0.717, 1.165) is 12.8 Å². The molecule has 10 heteroatoms. The quantitative estimate of drug-likeness (QED) is 0.136. The van der Waals surface area contributed by atoms with E-state index in [2.05, 4.69) is 32.9 Å². The molecule has 0 saturated carbocycles. The van der Waals surface area contributed by atoms with Crippen molar-refractivity contribution in [1.82, 2.24) is 0 Å². The van der Waals surface area contributed by atoms with Crippen LogP contribution in [-0.4, -0.2) is 37.0 Å². The molecule has 0 N–H and O–H groups in total. The molecule has 0 bridgehead atoms. The number of hydrogen-bond acceptors (Lipinski definition) is 5. The van der Waals surface area contributed by atoms with E-state index >= 15 is 0 Å². The second kappa shape index (κ2) is 11.7. The van der Waals surface area contributed by atoms with Crippen LogP contribution in [-0.2, 0) is 21.8 Å². The van der Waals surface area contributed by atoms with E-state index in [0.29, 0.717) is 6.42 Å². The van der Waals surface area contributed by atoms with Crippen LogP contribution in [0.3, 0.4) is 0 Å². The lowest BCUT2D eigenvalue weighted by atomic mass is 10.1. The molecule has 184 valence electrons. The van der Waals surface area contributed by atoms with Gasteiger partial charge in [-0.05, 0) is 99.0 Å². The molecule has 0 aromatic heterocycles. The van der Waals surface area contributed by atoms with E-state index in [1.54, 1.807) is 6.66 Å². The molecular formula is C21H48O5P2Si3. The number of rotatable bonds is 13. The summed E-state index contributed by atoms with van der Waals surface area (Å²) < 4.78 is 46.9. The highest BCUT2D eigenvalue weighted by Gasteiger charge is 2.51. The topological polar surface area (TPSA) is 61.8 Å². The highest BCUT2D eigenvalue weighted by Crippen LogP contribution is 2.71. The molecule has 5 nitrogen and oxygen atoms in total. The minimum atomic E-state index is -3.68. The predicted molar refractivity (Wildman–Crippen MR) is 145 cm³/mol. The number of allylic oxidation sites excluding steroid dienone is 4. The van der Waals surface area contributed by atoms with Gasteiger partial charge in [-0.3, -0.25) is 9.13 Å². The highest BCUT2D eigenvalue weighted by atomic mass is 31.2.